The van der Waals surface area contributed by atoms with E-state index in [1.807, 2.05) is 59.5 Å². The van der Waals surface area contributed by atoms with Gasteiger partial charge in [0, 0.05) is 63.0 Å². The molecule has 1 aliphatic carbocycles. The molecule has 0 saturated carbocycles. The molecule has 9 heteroatoms. The second-order valence-corrected chi connectivity index (χ2v) is 10.6. The zero-order valence-electron chi connectivity index (χ0n) is 23.5. The van der Waals surface area contributed by atoms with Gasteiger partial charge >= 0.3 is 5.69 Å². The lowest BCUT2D eigenvalue weighted by Gasteiger charge is -2.29. The van der Waals surface area contributed by atoms with Crippen molar-refractivity contribution < 1.29 is 14.3 Å². The number of piperazine rings is 1. The highest BCUT2D eigenvalue weighted by molar-refractivity contribution is 5.99. The van der Waals surface area contributed by atoms with E-state index in [-0.39, 0.29) is 17.5 Å². The van der Waals surface area contributed by atoms with Crippen molar-refractivity contribution in [2.75, 3.05) is 64.5 Å². The Labute approximate surface area is 240 Å². The number of amides is 1. The van der Waals surface area contributed by atoms with Crippen LogP contribution >= 0.6 is 0 Å². The lowest BCUT2D eigenvalue weighted by Crippen LogP contribution is -2.47. The summed E-state index contributed by atoms with van der Waals surface area (Å²) >= 11 is 0. The van der Waals surface area contributed by atoms with Crippen LogP contribution < -0.4 is 15.9 Å². The van der Waals surface area contributed by atoms with Gasteiger partial charge in [-0.3, -0.25) is 13.9 Å². The quantitative estimate of drug-likeness (QED) is 0.482. The van der Waals surface area contributed by atoms with Crippen molar-refractivity contribution in [3.63, 3.8) is 0 Å². The maximum Gasteiger partial charge on any atom is 0.333 e. The van der Waals surface area contributed by atoms with Crippen LogP contribution in [0.3, 0.4) is 0 Å². The van der Waals surface area contributed by atoms with Gasteiger partial charge in [-0.05, 0) is 36.8 Å². The maximum atomic E-state index is 14.5. The van der Waals surface area contributed by atoms with E-state index < -0.39 is 0 Å². The monoisotopic (exact) mass is 555 g/mol. The van der Waals surface area contributed by atoms with Gasteiger partial charge in [0.1, 0.15) is 11.5 Å². The fraction of sp³-hybridized carbons (Fsp3) is 0.375. The molecule has 3 aromatic rings. The Balaban J connectivity index is 1.54. The highest BCUT2D eigenvalue weighted by Crippen LogP contribution is 2.30. The van der Waals surface area contributed by atoms with E-state index in [1.165, 1.54) is 0 Å². The SMILES string of the molecule is COC1=CC(Cn2c(C(=O)N3CCNCC3)c(-c3ccccc3)n(-c3cccc(N4CCOCC4)c3)c2=O)CC=C1. The second kappa shape index (κ2) is 12.2. The summed E-state index contributed by atoms with van der Waals surface area (Å²) < 4.78 is 14.5. The van der Waals surface area contributed by atoms with Crippen molar-refractivity contribution in [3.8, 4) is 16.9 Å². The molecule has 6 rings (SSSR count). The molecule has 1 unspecified atom stereocenters. The largest absolute Gasteiger partial charge is 0.497 e. The lowest BCUT2D eigenvalue weighted by atomic mass is 9.99. The first kappa shape index (κ1) is 27.1. The Bertz CT molecular complexity index is 1490. The van der Waals surface area contributed by atoms with Crippen LogP contribution in [-0.4, -0.2) is 79.5 Å². The van der Waals surface area contributed by atoms with Crippen LogP contribution in [0.5, 0.6) is 0 Å². The van der Waals surface area contributed by atoms with Crippen LogP contribution in [0.1, 0.15) is 16.9 Å². The molecule has 0 spiro atoms. The number of aromatic nitrogens is 2. The Morgan fingerprint density at radius 1 is 1.00 bits per heavy atom. The molecule has 2 saturated heterocycles. The van der Waals surface area contributed by atoms with Crippen molar-refractivity contribution in [1.82, 2.24) is 19.4 Å². The van der Waals surface area contributed by atoms with Crippen molar-refractivity contribution >= 4 is 11.6 Å². The number of nitrogens with one attached hydrogen (secondary N) is 1. The Kier molecular flexibility index (Phi) is 8.07. The lowest BCUT2D eigenvalue weighted by molar-refractivity contribution is 0.0724. The first-order chi connectivity index (χ1) is 20.1. The molecule has 2 aliphatic heterocycles. The van der Waals surface area contributed by atoms with Crippen LogP contribution in [0, 0.1) is 5.92 Å². The third-order valence-corrected chi connectivity index (χ3v) is 8.03. The molecule has 1 atom stereocenters. The number of allylic oxidation sites excluding steroid dienone is 3. The van der Waals surface area contributed by atoms with Crippen molar-refractivity contribution in [2.45, 2.75) is 13.0 Å². The van der Waals surface area contributed by atoms with Crippen molar-refractivity contribution in [1.29, 1.82) is 0 Å². The predicted molar refractivity (Wildman–Crippen MR) is 160 cm³/mol. The molecule has 41 heavy (non-hydrogen) atoms. The van der Waals surface area contributed by atoms with Gasteiger partial charge in [-0.15, -0.1) is 0 Å². The normalized spacial score (nSPS) is 19.2. The molecular formula is C32H37N5O4. The van der Waals surface area contributed by atoms with Gasteiger partial charge in [0.15, 0.2) is 0 Å². The zero-order valence-corrected chi connectivity index (χ0v) is 23.5. The third-order valence-electron chi connectivity index (χ3n) is 8.03. The number of carbonyl (C=O) groups is 1. The van der Waals surface area contributed by atoms with E-state index in [0.29, 0.717) is 44.2 Å². The topological polar surface area (TPSA) is 81.0 Å². The van der Waals surface area contributed by atoms with Crippen LogP contribution in [0.2, 0.25) is 0 Å². The number of ether oxygens (including phenoxy) is 2. The first-order valence-corrected chi connectivity index (χ1v) is 14.4. The van der Waals surface area contributed by atoms with Gasteiger partial charge in [-0.25, -0.2) is 4.79 Å². The van der Waals surface area contributed by atoms with Crippen LogP contribution in [0.25, 0.3) is 16.9 Å². The van der Waals surface area contributed by atoms with E-state index in [9.17, 15) is 9.59 Å². The van der Waals surface area contributed by atoms with Crippen molar-refractivity contribution in [2.24, 2.45) is 5.92 Å². The van der Waals surface area contributed by atoms with E-state index in [4.69, 9.17) is 9.47 Å². The number of morpholine rings is 1. The summed E-state index contributed by atoms with van der Waals surface area (Å²) in [7, 11) is 1.65. The summed E-state index contributed by atoms with van der Waals surface area (Å²) in [5.41, 5.74) is 3.44. The first-order valence-electron chi connectivity index (χ1n) is 14.4. The van der Waals surface area contributed by atoms with Crippen LogP contribution in [0.15, 0.2) is 83.4 Å². The van der Waals surface area contributed by atoms with E-state index in [2.05, 4.69) is 28.4 Å². The standard InChI is InChI=1S/C32H37N5O4/c1-40-28-12-5-7-24(21-28)23-36-30(31(38)35-15-13-33-14-16-35)29(25-8-3-2-4-9-25)37(32(36)39)27-11-6-10-26(22-27)34-17-19-41-20-18-34/h2-6,8-12,21-22,24,33H,7,13-20,23H2,1H3. The maximum absolute atomic E-state index is 14.5. The minimum absolute atomic E-state index is 0.0152. The van der Waals surface area contributed by atoms with Gasteiger partial charge < -0.3 is 24.6 Å². The third kappa shape index (κ3) is 5.60. The fourth-order valence-corrected chi connectivity index (χ4v) is 5.91. The van der Waals surface area contributed by atoms with Gasteiger partial charge in [0.25, 0.3) is 5.91 Å². The number of carbonyl (C=O) groups excluding carboxylic acids is 1. The molecule has 0 bridgehead atoms. The molecule has 214 valence electrons. The molecule has 3 aliphatic rings. The van der Waals surface area contributed by atoms with Gasteiger partial charge in [-0.2, -0.15) is 0 Å². The van der Waals surface area contributed by atoms with Gasteiger partial charge in [-0.1, -0.05) is 42.5 Å². The molecule has 1 N–H and O–H groups in total. The smallest absolute Gasteiger partial charge is 0.333 e. The molecule has 9 nitrogen and oxygen atoms in total. The molecule has 2 fully saturated rings. The number of methoxy groups -OCH3 is 1. The average molecular weight is 556 g/mol. The molecule has 3 heterocycles. The zero-order chi connectivity index (χ0) is 28.2. The molecule has 1 amide bonds. The number of hydrogen-bond acceptors (Lipinski definition) is 6. The molecule has 2 aromatic carbocycles. The minimum atomic E-state index is -0.219. The number of anilines is 1. The summed E-state index contributed by atoms with van der Waals surface area (Å²) in [6.45, 7) is 5.95. The summed E-state index contributed by atoms with van der Waals surface area (Å²) in [5.74, 6) is 0.666. The molecular weight excluding hydrogens is 518 g/mol. The van der Waals surface area contributed by atoms with E-state index >= 15 is 0 Å². The Morgan fingerprint density at radius 3 is 2.51 bits per heavy atom. The molecule has 1 aromatic heterocycles. The van der Waals surface area contributed by atoms with Crippen LogP contribution in [0.4, 0.5) is 5.69 Å². The molecule has 0 radical (unpaired) electrons. The van der Waals surface area contributed by atoms with Gasteiger partial charge in [0.05, 0.1) is 31.7 Å². The number of nitrogens with zero attached hydrogens (tertiary/aromatic N) is 4. The Hall–Kier alpha value is -4.08. The number of rotatable bonds is 7. The van der Waals surface area contributed by atoms with Crippen LogP contribution in [-0.2, 0) is 16.0 Å². The summed E-state index contributed by atoms with van der Waals surface area (Å²) in [4.78, 5) is 33.0. The van der Waals surface area contributed by atoms with E-state index in [1.54, 1.807) is 16.2 Å². The van der Waals surface area contributed by atoms with Gasteiger partial charge in [0.2, 0.25) is 0 Å². The summed E-state index contributed by atoms with van der Waals surface area (Å²) in [6.07, 6.45) is 6.82. The summed E-state index contributed by atoms with van der Waals surface area (Å²) in [5, 5.41) is 3.33. The highest BCUT2D eigenvalue weighted by atomic mass is 16.5. The number of imidazole rings is 1. The van der Waals surface area contributed by atoms with E-state index in [0.717, 1.165) is 55.3 Å². The highest BCUT2D eigenvalue weighted by Gasteiger charge is 2.32. The fourth-order valence-electron chi connectivity index (χ4n) is 5.91. The predicted octanol–water partition coefficient (Wildman–Crippen LogP) is 3.29. The summed E-state index contributed by atoms with van der Waals surface area (Å²) in [6, 6.07) is 17.8. The Morgan fingerprint density at radius 2 is 1.76 bits per heavy atom. The average Bonchev–Trinajstić information content (AvgIpc) is 3.33. The minimum Gasteiger partial charge on any atom is -0.497 e. The van der Waals surface area contributed by atoms with Crippen molar-refractivity contribution in [3.05, 3.63) is 94.8 Å². The number of benzene rings is 2. The second-order valence-electron chi connectivity index (χ2n) is 10.6. The number of hydrogen-bond donors (Lipinski definition) is 1.